The summed E-state index contributed by atoms with van der Waals surface area (Å²) in [7, 11) is 0. The lowest BCUT2D eigenvalue weighted by Crippen LogP contribution is -2.48. The molecule has 1 atom stereocenters. The topological polar surface area (TPSA) is 95.5 Å². The molecular formula is C23H19N5O4. The Morgan fingerprint density at radius 1 is 1.12 bits per heavy atom. The number of rotatable bonds is 4. The van der Waals surface area contributed by atoms with Crippen LogP contribution in [0.4, 0.5) is 0 Å². The van der Waals surface area contributed by atoms with E-state index in [1.807, 2.05) is 30.3 Å². The molecule has 1 aliphatic heterocycles. The largest absolute Gasteiger partial charge is 0.443 e. The van der Waals surface area contributed by atoms with Gasteiger partial charge >= 0.3 is 0 Å². The van der Waals surface area contributed by atoms with Crippen molar-refractivity contribution in [2.45, 2.75) is 6.10 Å². The SMILES string of the molecule is O=C(c1ccc(C#Cc2ccccc2)o1)N1CCOC(COn2nnc3cccnc32)C1. The summed E-state index contributed by atoms with van der Waals surface area (Å²) in [6, 6.07) is 16.5. The third-order valence-electron chi connectivity index (χ3n) is 4.91. The number of morpholine rings is 1. The fraction of sp³-hybridized carbons (Fsp3) is 0.217. The lowest BCUT2D eigenvalue weighted by Gasteiger charge is -2.31. The van der Waals surface area contributed by atoms with E-state index < -0.39 is 0 Å². The highest BCUT2D eigenvalue weighted by Crippen LogP contribution is 2.14. The lowest BCUT2D eigenvalue weighted by molar-refractivity contribution is -0.0684. The number of aromatic nitrogens is 4. The number of nitrogens with zero attached hydrogens (tertiary/aromatic N) is 5. The molecule has 5 rings (SSSR count). The summed E-state index contributed by atoms with van der Waals surface area (Å²) < 4.78 is 11.4. The van der Waals surface area contributed by atoms with Gasteiger partial charge in [-0.2, -0.15) is 0 Å². The van der Waals surface area contributed by atoms with Crippen LogP contribution in [-0.4, -0.2) is 63.4 Å². The molecule has 0 bridgehead atoms. The van der Waals surface area contributed by atoms with Crippen molar-refractivity contribution in [1.82, 2.24) is 25.0 Å². The first-order valence-corrected chi connectivity index (χ1v) is 10.1. The van der Waals surface area contributed by atoms with Crippen molar-refractivity contribution in [3.05, 3.63) is 77.9 Å². The van der Waals surface area contributed by atoms with Crippen molar-refractivity contribution in [2.75, 3.05) is 26.3 Å². The molecule has 0 aliphatic carbocycles. The van der Waals surface area contributed by atoms with Gasteiger partial charge in [0.1, 0.15) is 18.2 Å². The van der Waals surface area contributed by atoms with Crippen molar-refractivity contribution in [3.8, 4) is 11.8 Å². The second-order valence-corrected chi connectivity index (χ2v) is 7.13. The highest BCUT2D eigenvalue weighted by atomic mass is 16.7. The quantitative estimate of drug-likeness (QED) is 0.457. The van der Waals surface area contributed by atoms with Crippen LogP contribution in [-0.2, 0) is 4.74 Å². The van der Waals surface area contributed by atoms with Crippen LogP contribution in [0.15, 0.2) is 65.2 Å². The maximum Gasteiger partial charge on any atom is 0.289 e. The average Bonchev–Trinajstić information content (AvgIpc) is 3.49. The molecule has 9 heteroatoms. The number of fused-ring (bicyclic) bond motifs is 1. The lowest BCUT2D eigenvalue weighted by atomic mass is 10.2. The van der Waals surface area contributed by atoms with Gasteiger partial charge in [0, 0.05) is 18.3 Å². The molecule has 1 unspecified atom stereocenters. The van der Waals surface area contributed by atoms with Gasteiger partial charge in [-0.05, 0) is 47.5 Å². The molecule has 9 nitrogen and oxygen atoms in total. The molecule has 0 saturated carbocycles. The number of furan rings is 1. The molecule has 1 saturated heterocycles. The van der Waals surface area contributed by atoms with Crippen LogP contribution in [0.3, 0.4) is 0 Å². The van der Waals surface area contributed by atoms with Crippen molar-refractivity contribution >= 4 is 17.1 Å². The van der Waals surface area contributed by atoms with E-state index in [1.165, 1.54) is 4.85 Å². The minimum absolute atomic E-state index is 0.199. The minimum atomic E-state index is -0.317. The Hall–Kier alpha value is -4.16. The smallest absolute Gasteiger partial charge is 0.289 e. The molecule has 4 heterocycles. The Kier molecular flexibility index (Phi) is 5.51. The van der Waals surface area contributed by atoms with E-state index in [0.29, 0.717) is 36.6 Å². The van der Waals surface area contributed by atoms with Crippen LogP contribution >= 0.6 is 0 Å². The number of amides is 1. The van der Waals surface area contributed by atoms with Crippen LogP contribution in [0, 0.1) is 11.8 Å². The number of hydrogen-bond acceptors (Lipinski definition) is 7. The molecule has 1 aliphatic rings. The van der Waals surface area contributed by atoms with Crippen molar-refractivity contribution in [3.63, 3.8) is 0 Å². The molecule has 4 aromatic rings. The second kappa shape index (κ2) is 8.91. The molecule has 0 spiro atoms. The van der Waals surface area contributed by atoms with Gasteiger partial charge in [0.2, 0.25) is 5.65 Å². The Morgan fingerprint density at radius 3 is 2.94 bits per heavy atom. The maximum absolute atomic E-state index is 12.9. The number of carbonyl (C=O) groups is 1. The molecule has 0 N–H and O–H groups in total. The fourth-order valence-electron chi connectivity index (χ4n) is 3.32. The molecule has 1 fully saturated rings. The number of hydrogen-bond donors (Lipinski definition) is 0. The van der Waals surface area contributed by atoms with Crippen LogP contribution in [0.2, 0.25) is 0 Å². The predicted octanol–water partition coefficient (Wildman–Crippen LogP) is 1.79. The molecule has 1 aromatic carbocycles. The number of pyridine rings is 1. The summed E-state index contributed by atoms with van der Waals surface area (Å²) in [5, 5.41) is 7.94. The van der Waals surface area contributed by atoms with Gasteiger partial charge < -0.3 is 18.9 Å². The molecule has 160 valence electrons. The third-order valence-corrected chi connectivity index (χ3v) is 4.91. The predicted molar refractivity (Wildman–Crippen MR) is 114 cm³/mol. The van der Waals surface area contributed by atoms with Gasteiger partial charge in [-0.1, -0.05) is 29.0 Å². The van der Waals surface area contributed by atoms with Gasteiger partial charge in [0.25, 0.3) is 5.91 Å². The Morgan fingerprint density at radius 2 is 2.03 bits per heavy atom. The van der Waals surface area contributed by atoms with E-state index in [9.17, 15) is 4.79 Å². The van der Waals surface area contributed by atoms with E-state index in [0.717, 1.165) is 5.56 Å². The highest BCUT2D eigenvalue weighted by Gasteiger charge is 2.27. The second-order valence-electron chi connectivity index (χ2n) is 7.13. The summed E-state index contributed by atoms with van der Waals surface area (Å²) in [6.07, 6.45) is 1.33. The van der Waals surface area contributed by atoms with E-state index in [4.69, 9.17) is 14.0 Å². The molecular weight excluding hydrogens is 410 g/mol. The van der Waals surface area contributed by atoms with Crippen molar-refractivity contribution in [1.29, 1.82) is 0 Å². The van der Waals surface area contributed by atoms with E-state index in [-0.39, 0.29) is 24.4 Å². The van der Waals surface area contributed by atoms with Crippen LogP contribution in [0.1, 0.15) is 21.9 Å². The highest BCUT2D eigenvalue weighted by molar-refractivity contribution is 5.91. The molecule has 0 radical (unpaired) electrons. The monoisotopic (exact) mass is 429 g/mol. The van der Waals surface area contributed by atoms with E-state index >= 15 is 0 Å². The third kappa shape index (κ3) is 4.31. The first-order valence-electron chi connectivity index (χ1n) is 10.1. The zero-order valence-electron chi connectivity index (χ0n) is 17.0. The molecule has 3 aromatic heterocycles. The Balaban J connectivity index is 1.20. The van der Waals surface area contributed by atoms with Crippen molar-refractivity contribution in [2.24, 2.45) is 0 Å². The van der Waals surface area contributed by atoms with Gasteiger partial charge in [0.05, 0.1) is 13.2 Å². The summed E-state index contributed by atoms with van der Waals surface area (Å²) in [5.74, 6) is 6.44. The zero-order chi connectivity index (χ0) is 21.8. The van der Waals surface area contributed by atoms with Crippen LogP contribution in [0.5, 0.6) is 0 Å². The number of carbonyl (C=O) groups excluding carboxylic acids is 1. The summed E-state index contributed by atoms with van der Waals surface area (Å²) in [4.78, 5) is 25.7. The van der Waals surface area contributed by atoms with Crippen LogP contribution < -0.4 is 4.84 Å². The molecule has 32 heavy (non-hydrogen) atoms. The van der Waals surface area contributed by atoms with Gasteiger partial charge in [-0.25, -0.2) is 4.98 Å². The fourth-order valence-corrected chi connectivity index (χ4v) is 3.32. The Labute approximate surface area is 183 Å². The first-order chi connectivity index (χ1) is 15.8. The van der Waals surface area contributed by atoms with Gasteiger partial charge in [-0.15, -0.1) is 5.10 Å². The first kappa shape index (κ1) is 19.8. The summed E-state index contributed by atoms with van der Waals surface area (Å²) in [6.45, 7) is 1.43. The maximum atomic E-state index is 12.9. The number of benzene rings is 1. The minimum Gasteiger partial charge on any atom is -0.443 e. The summed E-state index contributed by atoms with van der Waals surface area (Å²) in [5.41, 5.74) is 2.04. The van der Waals surface area contributed by atoms with Gasteiger partial charge in [0.15, 0.2) is 11.5 Å². The summed E-state index contributed by atoms with van der Waals surface area (Å²) >= 11 is 0. The van der Waals surface area contributed by atoms with E-state index in [2.05, 4.69) is 27.1 Å². The normalized spacial score (nSPS) is 15.9. The van der Waals surface area contributed by atoms with E-state index in [1.54, 1.807) is 35.4 Å². The standard InChI is InChI=1S/C23H19N5O4/c29-23(21-11-10-18(32-21)9-8-17-5-2-1-3-6-17)27-13-14-30-19(15-27)16-31-28-22-20(25-26-28)7-4-12-24-22/h1-7,10-12,19H,13-16H2. The molecule has 1 amide bonds. The van der Waals surface area contributed by atoms with Crippen molar-refractivity contribution < 1.29 is 18.8 Å². The number of ether oxygens (including phenoxy) is 1. The Bertz CT molecular complexity index is 1290. The van der Waals surface area contributed by atoms with Gasteiger partial charge in [-0.3, -0.25) is 4.79 Å². The zero-order valence-corrected chi connectivity index (χ0v) is 17.0. The van der Waals surface area contributed by atoms with Crippen LogP contribution in [0.25, 0.3) is 11.2 Å². The average molecular weight is 429 g/mol.